The molecule has 0 aromatic heterocycles. The molecule has 13 heavy (non-hydrogen) atoms. The zero-order valence-electron chi connectivity index (χ0n) is 7.18. The van der Waals surface area contributed by atoms with Gasteiger partial charge in [0.1, 0.15) is 0 Å². The number of hydrogen-bond donors (Lipinski definition) is 2. The van der Waals surface area contributed by atoms with Crippen molar-refractivity contribution in [2.45, 2.75) is 4.90 Å². The van der Waals surface area contributed by atoms with Gasteiger partial charge in [-0.25, -0.2) is 0 Å². The lowest BCUT2D eigenvalue weighted by Gasteiger charge is -2.07. The average Bonchev–Trinajstić information content (AvgIpc) is 2.19. The molecule has 0 unspecified atom stereocenters. The quantitative estimate of drug-likeness (QED) is 0.606. The van der Waals surface area contributed by atoms with E-state index in [1.165, 1.54) is 10.5 Å². The minimum Gasteiger partial charge on any atom is -0.430 e. The van der Waals surface area contributed by atoms with Crippen LogP contribution in [0.5, 0.6) is 0 Å². The summed E-state index contributed by atoms with van der Waals surface area (Å²) in [6.45, 7) is 0. The van der Waals surface area contributed by atoms with Crippen LogP contribution < -0.4 is 0 Å². The normalized spacial score (nSPS) is 12.5. The van der Waals surface area contributed by atoms with E-state index in [-0.39, 0.29) is 0 Å². The Labute approximate surface area is 82.6 Å². The van der Waals surface area contributed by atoms with Crippen molar-refractivity contribution in [3.63, 3.8) is 0 Å². The molecule has 0 spiro atoms. The molecule has 1 heterocycles. The van der Waals surface area contributed by atoms with Crippen molar-refractivity contribution in [2.24, 2.45) is 0 Å². The van der Waals surface area contributed by atoms with E-state index in [0.29, 0.717) is 0 Å². The smallest absolute Gasteiger partial charge is 0.430 e. The van der Waals surface area contributed by atoms with Gasteiger partial charge in [-0.3, -0.25) is 0 Å². The molecule has 1 aromatic carbocycles. The van der Waals surface area contributed by atoms with Crippen molar-refractivity contribution in [1.82, 2.24) is 0 Å². The van der Waals surface area contributed by atoms with Gasteiger partial charge < -0.3 is 10.0 Å². The Kier molecular flexibility index (Phi) is 4.68. The van der Waals surface area contributed by atoms with Gasteiger partial charge in [-0.05, 0) is 11.6 Å². The Hall–Kier alpha value is -0.705. The Morgan fingerprint density at radius 3 is 2.62 bits per heavy atom. The van der Waals surface area contributed by atoms with Gasteiger partial charge >= 0.3 is 7.69 Å². The predicted octanol–water partition coefficient (Wildman–Crippen LogP) is 1.04. The molecule has 0 bridgehead atoms. The summed E-state index contributed by atoms with van der Waals surface area (Å²) in [6.07, 6.45) is 4.39. The molecule has 0 saturated heterocycles. The first-order valence-electron chi connectivity index (χ1n) is 3.98. The van der Waals surface area contributed by atoms with Crippen LogP contribution in [0.3, 0.4) is 0 Å². The van der Waals surface area contributed by atoms with Crippen LogP contribution in [0.25, 0.3) is 6.08 Å². The van der Waals surface area contributed by atoms with Crippen LogP contribution in [0.15, 0.2) is 35.2 Å². The van der Waals surface area contributed by atoms with Gasteiger partial charge in [0.25, 0.3) is 0 Å². The minimum atomic E-state index is -0.750. The van der Waals surface area contributed by atoms with E-state index in [1.807, 2.05) is 11.8 Å². The fourth-order valence-electron chi connectivity index (χ4n) is 1.06. The van der Waals surface area contributed by atoms with Crippen LogP contribution in [0.2, 0.25) is 0 Å². The third kappa shape index (κ3) is 3.26. The first kappa shape index (κ1) is 10.4. The van der Waals surface area contributed by atoms with Gasteiger partial charge in [0.05, 0.1) is 0 Å². The second-order valence-corrected chi connectivity index (χ2v) is 3.45. The lowest BCUT2D eigenvalue weighted by Crippen LogP contribution is -1.84. The first-order chi connectivity index (χ1) is 6.38. The third-order valence-electron chi connectivity index (χ3n) is 1.55. The Morgan fingerprint density at radius 1 is 1.23 bits per heavy atom. The van der Waals surface area contributed by atoms with Crippen molar-refractivity contribution in [3.05, 3.63) is 35.9 Å². The minimum absolute atomic E-state index is 0.750. The summed E-state index contributed by atoms with van der Waals surface area (Å²) in [5.41, 5.74) is 1.36. The molecule has 0 amide bonds. The molecule has 1 aliphatic rings. The van der Waals surface area contributed by atoms with Gasteiger partial charge in [0.2, 0.25) is 0 Å². The van der Waals surface area contributed by atoms with E-state index < -0.39 is 7.69 Å². The molecule has 4 heteroatoms. The molecule has 0 atom stereocenters. The molecular weight excluding hydrogens is 183 g/mol. The van der Waals surface area contributed by atoms with Crippen LogP contribution in [0.1, 0.15) is 5.56 Å². The summed E-state index contributed by atoms with van der Waals surface area (Å²) in [6, 6.07) is 8.49. The second kappa shape index (κ2) is 5.86. The van der Waals surface area contributed by atoms with Crippen LogP contribution >= 0.6 is 11.8 Å². The highest BCUT2D eigenvalue weighted by atomic mass is 32.2. The van der Waals surface area contributed by atoms with E-state index in [0.717, 1.165) is 5.75 Å². The standard InChI is InChI=1S/C9H8S.BH3O2/c1-2-6-9-8(4-1)5-3-7-10-9;2-1-3/h1-6H,7H2;1-3H. The highest BCUT2D eigenvalue weighted by Crippen LogP contribution is 2.27. The predicted molar refractivity (Wildman–Crippen MR) is 57.8 cm³/mol. The van der Waals surface area contributed by atoms with E-state index in [9.17, 15) is 0 Å². The molecule has 0 radical (unpaired) electrons. The van der Waals surface area contributed by atoms with Crippen molar-refractivity contribution >= 4 is 25.5 Å². The fraction of sp³-hybridized carbons (Fsp3) is 0.111. The molecule has 2 rings (SSSR count). The summed E-state index contributed by atoms with van der Waals surface area (Å²) in [5.74, 6) is 1.12. The van der Waals surface area contributed by atoms with Crippen LogP contribution in [-0.2, 0) is 0 Å². The van der Waals surface area contributed by atoms with Gasteiger partial charge in [-0.15, -0.1) is 11.8 Å². The SMILES string of the molecule is C1=Cc2ccccc2SC1.OBO. The molecular formula is C9H11BO2S. The largest absolute Gasteiger partial charge is 0.432 e. The molecule has 0 fully saturated rings. The number of thioether (sulfide) groups is 1. The maximum Gasteiger partial charge on any atom is 0.432 e. The van der Waals surface area contributed by atoms with E-state index in [2.05, 4.69) is 36.4 Å². The van der Waals surface area contributed by atoms with Gasteiger partial charge in [-0.2, -0.15) is 0 Å². The zero-order chi connectivity index (χ0) is 9.52. The highest BCUT2D eigenvalue weighted by molar-refractivity contribution is 7.99. The monoisotopic (exact) mass is 194 g/mol. The van der Waals surface area contributed by atoms with E-state index in [1.54, 1.807) is 0 Å². The topological polar surface area (TPSA) is 40.5 Å². The maximum absolute atomic E-state index is 7.12. The maximum atomic E-state index is 7.12. The highest BCUT2D eigenvalue weighted by Gasteiger charge is 2.00. The van der Waals surface area contributed by atoms with Crippen molar-refractivity contribution < 1.29 is 10.0 Å². The molecule has 1 aliphatic heterocycles. The van der Waals surface area contributed by atoms with Crippen LogP contribution in [0.4, 0.5) is 0 Å². The number of benzene rings is 1. The Bertz CT molecular complexity index is 289. The average molecular weight is 194 g/mol. The van der Waals surface area contributed by atoms with Crippen molar-refractivity contribution in [2.75, 3.05) is 5.75 Å². The second-order valence-electron chi connectivity index (χ2n) is 2.39. The van der Waals surface area contributed by atoms with E-state index in [4.69, 9.17) is 10.0 Å². The lowest BCUT2D eigenvalue weighted by atomic mass is 10.2. The number of fused-ring (bicyclic) bond motifs is 1. The van der Waals surface area contributed by atoms with Crippen molar-refractivity contribution in [3.8, 4) is 0 Å². The van der Waals surface area contributed by atoms with E-state index >= 15 is 0 Å². The lowest BCUT2D eigenvalue weighted by molar-refractivity contribution is 0.448. The summed E-state index contributed by atoms with van der Waals surface area (Å²) >= 11 is 1.90. The first-order valence-corrected chi connectivity index (χ1v) is 4.97. The zero-order valence-corrected chi connectivity index (χ0v) is 8.00. The summed E-state index contributed by atoms with van der Waals surface area (Å²) in [7, 11) is -0.750. The van der Waals surface area contributed by atoms with Gasteiger partial charge in [0, 0.05) is 10.6 Å². The number of rotatable bonds is 0. The molecule has 68 valence electrons. The van der Waals surface area contributed by atoms with Crippen LogP contribution in [-0.4, -0.2) is 23.5 Å². The summed E-state index contributed by atoms with van der Waals surface area (Å²) in [5, 5.41) is 14.2. The molecule has 0 saturated carbocycles. The van der Waals surface area contributed by atoms with Gasteiger partial charge in [-0.1, -0.05) is 30.4 Å². The summed E-state index contributed by atoms with van der Waals surface area (Å²) < 4.78 is 0. The molecule has 1 aromatic rings. The fourth-order valence-corrected chi connectivity index (χ4v) is 1.91. The Balaban J connectivity index is 0.000000251. The molecule has 0 aliphatic carbocycles. The van der Waals surface area contributed by atoms with Crippen molar-refractivity contribution in [1.29, 1.82) is 0 Å². The van der Waals surface area contributed by atoms with Gasteiger partial charge in [0.15, 0.2) is 0 Å². The Morgan fingerprint density at radius 2 is 1.92 bits per heavy atom. The number of hydrogen-bond acceptors (Lipinski definition) is 3. The molecule has 2 nitrogen and oxygen atoms in total. The third-order valence-corrected chi connectivity index (χ3v) is 2.59. The van der Waals surface area contributed by atoms with Crippen LogP contribution in [0, 0.1) is 0 Å². The molecule has 2 N–H and O–H groups in total. The summed E-state index contributed by atoms with van der Waals surface area (Å²) in [4.78, 5) is 1.41.